The maximum atomic E-state index is 12.7. The first-order chi connectivity index (χ1) is 7.07. The zero-order chi connectivity index (χ0) is 10.9. The summed E-state index contributed by atoms with van der Waals surface area (Å²) in [6.07, 6.45) is -1.44. The van der Waals surface area contributed by atoms with Crippen LogP contribution in [-0.2, 0) is 0 Å². The van der Waals surface area contributed by atoms with Crippen LogP contribution in [0, 0.1) is 5.92 Å². The molecule has 0 aromatic rings. The van der Waals surface area contributed by atoms with Crippen LogP contribution in [0.1, 0.15) is 25.7 Å². The molecular formula is C10H17F3N2. The quantitative estimate of drug-likeness (QED) is 0.742. The van der Waals surface area contributed by atoms with Gasteiger partial charge in [0.1, 0.15) is 0 Å². The summed E-state index contributed by atoms with van der Waals surface area (Å²) in [6, 6.07) is -0.108. The van der Waals surface area contributed by atoms with E-state index in [9.17, 15) is 13.2 Å². The van der Waals surface area contributed by atoms with Crippen molar-refractivity contribution in [2.45, 2.75) is 43.9 Å². The van der Waals surface area contributed by atoms with Crippen LogP contribution < -0.4 is 10.6 Å². The van der Waals surface area contributed by atoms with Gasteiger partial charge in [0, 0.05) is 25.2 Å². The molecule has 5 heteroatoms. The Bertz CT molecular complexity index is 213. The van der Waals surface area contributed by atoms with Crippen molar-refractivity contribution in [2.75, 3.05) is 13.1 Å². The average molecular weight is 222 g/mol. The molecule has 2 atom stereocenters. The Hall–Kier alpha value is -0.290. The number of hydrogen-bond donors (Lipinski definition) is 2. The van der Waals surface area contributed by atoms with Gasteiger partial charge < -0.3 is 10.6 Å². The summed E-state index contributed by atoms with van der Waals surface area (Å²) in [5, 5.41) is 6.19. The summed E-state index contributed by atoms with van der Waals surface area (Å²) < 4.78 is 38.1. The average Bonchev–Trinajstić information content (AvgIpc) is 2.10. The molecule has 2 fully saturated rings. The van der Waals surface area contributed by atoms with Gasteiger partial charge in [0.2, 0.25) is 0 Å². The lowest BCUT2D eigenvalue weighted by Crippen LogP contribution is -2.60. The van der Waals surface area contributed by atoms with Crippen LogP contribution >= 0.6 is 0 Å². The largest absolute Gasteiger partial charge is 0.393 e. The fourth-order valence-electron chi connectivity index (χ4n) is 2.43. The van der Waals surface area contributed by atoms with Crippen molar-refractivity contribution >= 4 is 0 Å². The smallest absolute Gasteiger partial charge is 0.314 e. The minimum absolute atomic E-state index is 0.248. The first-order valence-corrected chi connectivity index (χ1v) is 5.61. The van der Waals surface area contributed by atoms with Gasteiger partial charge in [-0.25, -0.2) is 0 Å². The van der Waals surface area contributed by atoms with Crippen LogP contribution in [0.3, 0.4) is 0 Å². The molecule has 0 bridgehead atoms. The van der Waals surface area contributed by atoms with Crippen molar-refractivity contribution in [3.8, 4) is 0 Å². The Labute approximate surface area is 87.6 Å². The lowest BCUT2D eigenvalue weighted by atomic mass is 9.83. The minimum Gasteiger partial charge on any atom is -0.314 e. The van der Waals surface area contributed by atoms with Gasteiger partial charge in [-0.2, -0.15) is 13.2 Å². The molecule has 0 aromatic carbocycles. The molecule has 1 aliphatic heterocycles. The second-order valence-electron chi connectivity index (χ2n) is 4.56. The minimum atomic E-state index is -4.03. The van der Waals surface area contributed by atoms with E-state index in [2.05, 4.69) is 10.6 Å². The fourth-order valence-corrected chi connectivity index (χ4v) is 2.43. The second kappa shape index (κ2) is 4.29. The van der Waals surface area contributed by atoms with Crippen LogP contribution in [0.15, 0.2) is 0 Å². The van der Waals surface area contributed by atoms with E-state index in [0.717, 1.165) is 19.5 Å². The van der Waals surface area contributed by atoms with E-state index < -0.39 is 12.1 Å². The molecule has 2 nitrogen and oxygen atoms in total. The highest BCUT2D eigenvalue weighted by Crippen LogP contribution is 2.37. The van der Waals surface area contributed by atoms with Crippen LogP contribution in [0.5, 0.6) is 0 Å². The standard InChI is InChI=1S/C10H17F3N2/c11-10(12,13)8-3-1-2-4-9(8)15-7-5-14-6-7/h7-9,14-15H,1-6H2. The van der Waals surface area contributed by atoms with Crippen LogP contribution in [-0.4, -0.2) is 31.3 Å². The van der Waals surface area contributed by atoms with E-state index in [1.807, 2.05) is 0 Å². The molecule has 0 amide bonds. The maximum Gasteiger partial charge on any atom is 0.393 e. The predicted molar refractivity (Wildman–Crippen MR) is 51.6 cm³/mol. The van der Waals surface area contributed by atoms with Crippen LogP contribution in [0.4, 0.5) is 13.2 Å². The second-order valence-corrected chi connectivity index (χ2v) is 4.56. The zero-order valence-electron chi connectivity index (χ0n) is 8.61. The normalized spacial score (nSPS) is 33.8. The third kappa shape index (κ3) is 2.64. The fraction of sp³-hybridized carbons (Fsp3) is 1.00. The zero-order valence-corrected chi connectivity index (χ0v) is 8.61. The van der Waals surface area contributed by atoms with E-state index in [0.29, 0.717) is 19.3 Å². The van der Waals surface area contributed by atoms with E-state index in [-0.39, 0.29) is 12.1 Å². The van der Waals surface area contributed by atoms with E-state index >= 15 is 0 Å². The third-order valence-electron chi connectivity index (χ3n) is 3.42. The van der Waals surface area contributed by atoms with Gasteiger partial charge in [-0.05, 0) is 12.8 Å². The number of alkyl halides is 3. The van der Waals surface area contributed by atoms with Crippen LogP contribution in [0.25, 0.3) is 0 Å². The molecule has 1 aliphatic carbocycles. The monoisotopic (exact) mass is 222 g/mol. The van der Waals surface area contributed by atoms with Gasteiger partial charge in [-0.3, -0.25) is 0 Å². The molecule has 2 aliphatic rings. The molecule has 88 valence electrons. The van der Waals surface area contributed by atoms with Crippen molar-refractivity contribution in [3.05, 3.63) is 0 Å². The SMILES string of the molecule is FC(F)(F)C1CCCCC1NC1CNC1. The molecular weight excluding hydrogens is 205 g/mol. The van der Waals surface area contributed by atoms with Crippen molar-refractivity contribution in [3.63, 3.8) is 0 Å². The summed E-state index contributed by atoms with van der Waals surface area (Å²) in [4.78, 5) is 0. The van der Waals surface area contributed by atoms with E-state index in [1.165, 1.54) is 0 Å². The predicted octanol–water partition coefficient (Wildman–Crippen LogP) is 1.67. The first kappa shape index (κ1) is 11.2. The highest BCUT2D eigenvalue weighted by molar-refractivity contribution is 4.91. The summed E-state index contributed by atoms with van der Waals surface area (Å²) >= 11 is 0. The highest BCUT2D eigenvalue weighted by atomic mass is 19.4. The maximum absolute atomic E-state index is 12.7. The lowest BCUT2D eigenvalue weighted by molar-refractivity contribution is -0.189. The number of rotatable bonds is 2. The van der Waals surface area contributed by atoms with E-state index in [1.54, 1.807) is 0 Å². The molecule has 1 heterocycles. The van der Waals surface area contributed by atoms with Gasteiger partial charge in [-0.15, -0.1) is 0 Å². The summed E-state index contributed by atoms with van der Waals surface area (Å²) in [5.74, 6) is -1.13. The summed E-state index contributed by atoms with van der Waals surface area (Å²) in [7, 11) is 0. The summed E-state index contributed by atoms with van der Waals surface area (Å²) in [6.45, 7) is 1.61. The Balaban J connectivity index is 1.92. The molecule has 1 saturated carbocycles. The molecule has 2 rings (SSSR count). The molecule has 2 unspecified atom stereocenters. The topological polar surface area (TPSA) is 24.1 Å². The highest BCUT2D eigenvalue weighted by Gasteiger charge is 2.46. The Kier molecular flexibility index (Phi) is 3.21. The molecule has 2 N–H and O–H groups in total. The third-order valence-corrected chi connectivity index (χ3v) is 3.42. The van der Waals surface area contributed by atoms with Crippen molar-refractivity contribution in [2.24, 2.45) is 5.92 Å². The van der Waals surface area contributed by atoms with Crippen molar-refractivity contribution in [1.82, 2.24) is 10.6 Å². The first-order valence-electron chi connectivity index (χ1n) is 5.61. The lowest BCUT2D eigenvalue weighted by Gasteiger charge is -2.39. The van der Waals surface area contributed by atoms with Gasteiger partial charge in [0.05, 0.1) is 5.92 Å². The van der Waals surface area contributed by atoms with Gasteiger partial charge in [0.25, 0.3) is 0 Å². The molecule has 0 spiro atoms. The van der Waals surface area contributed by atoms with Crippen LogP contribution in [0.2, 0.25) is 0 Å². The van der Waals surface area contributed by atoms with Crippen molar-refractivity contribution in [1.29, 1.82) is 0 Å². The summed E-state index contributed by atoms with van der Waals surface area (Å²) in [5.41, 5.74) is 0. The number of halogens is 3. The Morgan fingerprint density at radius 2 is 1.73 bits per heavy atom. The van der Waals surface area contributed by atoms with Gasteiger partial charge >= 0.3 is 6.18 Å². The van der Waals surface area contributed by atoms with E-state index in [4.69, 9.17) is 0 Å². The molecule has 0 aromatic heterocycles. The van der Waals surface area contributed by atoms with Gasteiger partial charge in [0.15, 0.2) is 0 Å². The molecule has 1 saturated heterocycles. The Morgan fingerprint density at radius 3 is 2.27 bits per heavy atom. The number of nitrogens with one attached hydrogen (secondary N) is 2. The Morgan fingerprint density at radius 1 is 1.07 bits per heavy atom. The molecule has 15 heavy (non-hydrogen) atoms. The molecule has 0 radical (unpaired) electrons. The number of hydrogen-bond acceptors (Lipinski definition) is 2. The van der Waals surface area contributed by atoms with Crippen molar-refractivity contribution < 1.29 is 13.2 Å². The van der Waals surface area contributed by atoms with Gasteiger partial charge in [-0.1, -0.05) is 12.8 Å².